The minimum atomic E-state index is 0.249. The van der Waals surface area contributed by atoms with Crippen LogP contribution in [0.15, 0.2) is 0 Å². The highest BCUT2D eigenvalue weighted by atomic mass is 16.5. The lowest BCUT2D eigenvalue weighted by molar-refractivity contribution is 0.0523. The average molecular weight is 295 g/mol. The van der Waals surface area contributed by atoms with Gasteiger partial charge in [-0.3, -0.25) is 0 Å². The van der Waals surface area contributed by atoms with Gasteiger partial charge < -0.3 is 19.7 Å². The topological polar surface area (TPSA) is 72.4 Å². The predicted octanol–water partition coefficient (Wildman–Crippen LogP) is 1.71. The molecule has 1 aliphatic rings. The molecule has 1 atom stereocenters. The second-order valence-electron chi connectivity index (χ2n) is 5.01. The molecule has 0 spiro atoms. The lowest BCUT2D eigenvalue weighted by Crippen LogP contribution is -2.40. The number of aromatic nitrogens is 3. The van der Waals surface area contributed by atoms with Crippen molar-refractivity contribution in [2.75, 3.05) is 43.6 Å². The van der Waals surface area contributed by atoms with E-state index >= 15 is 0 Å². The zero-order chi connectivity index (χ0) is 15.1. The first-order valence-electron chi connectivity index (χ1n) is 7.70. The van der Waals surface area contributed by atoms with Crippen molar-refractivity contribution in [3.63, 3.8) is 0 Å². The third-order valence-electron chi connectivity index (χ3n) is 3.33. The summed E-state index contributed by atoms with van der Waals surface area (Å²) in [7, 11) is 1.79. The lowest BCUT2D eigenvalue weighted by atomic mass is 10.1. The molecule has 118 valence electrons. The van der Waals surface area contributed by atoms with Gasteiger partial charge in [-0.1, -0.05) is 6.92 Å². The minimum Gasteiger partial charge on any atom is -0.463 e. The Morgan fingerprint density at radius 1 is 1.29 bits per heavy atom. The van der Waals surface area contributed by atoms with Crippen LogP contribution in [0.1, 0.15) is 33.1 Å². The van der Waals surface area contributed by atoms with Crippen LogP contribution in [0.2, 0.25) is 0 Å². The van der Waals surface area contributed by atoms with Gasteiger partial charge in [-0.2, -0.15) is 15.0 Å². The number of piperidine rings is 1. The van der Waals surface area contributed by atoms with Gasteiger partial charge in [0.2, 0.25) is 11.9 Å². The molecule has 7 heteroatoms. The molecule has 0 aromatic carbocycles. The highest BCUT2D eigenvalue weighted by molar-refractivity contribution is 5.38. The molecule has 1 aliphatic heterocycles. The maximum atomic E-state index is 5.73. The number of hydrogen-bond donors (Lipinski definition) is 1. The average Bonchev–Trinajstić information content (AvgIpc) is 2.53. The molecule has 1 aromatic heterocycles. The summed E-state index contributed by atoms with van der Waals surface area (Å²) in [6.45, 7) is 7.17. The third kappa shape index (κ3) is 4.42. The molecule has 0 bridgehead atoms. The fourth-order valence-corrected chi connectivity index (χ4v) is 2.35. The van der Waals surface area contributed by atoms with E-state index < -0.39 is 0 Å². The Balaban J connectivity index is 2.13. The molecule has 1 fully saturated rings. The molecule has 2 heterocycles. The molecule has 1 N–H and O–H groups in total. The maximum Gasteiger partial charge on any atom is 0.323 e. The van der Waals surface area contributed by atoms with Crippen molar-refractivity contribution in [2.45, 2.75) is 39.2 Å². The second-order valence-corrected chi connectivity index (χ2v) is 5.01. The van der Waals surface area contributed by atoms with Crippen molar-refractivity contribution in [3.05, 3.63) is 0 Å². The summed E-state index contributed by atoms with van der Waals surface area (Å²) in [6.07, 6.45) is 3.34. The van der Waals surface area contributed by atoms with Gasteiger partial charge >= 0.3 is 6.01 Å². The number of anilines is 2. The van der Waals surface area contributed by atoms with E-state index in [0.29, 0.717) is 24.5 Å². The Morgan fingerprint density at radius 3 is 2.86 bits per heavy atom. The Labute approximate surface area is 126 Å². The van der Waals surface area contributed by atoms with Crippen molar-refractivity contribution in [3.8, 4) is 6.01 Å². The summed E-state index contributed by atoms with van der Waals surface area (Å²) in [6, 6.07) is 0.379. The Morgan fingerprint density at radius 2 is 2.14 bits per heavy atom. The van der Waals surface area contributed by atoms with E-state index in [2.05, 4.69) is 32.1 Å². The largest absolute Gasteiger partial charge is 0.463 e. The van der Waals surface area contributed by atoms with Crippen LogP contribution >= 0.6 is 0 Å². The van der Waals surface area contributed by atoms with Crippen molar-refractivity contribution in [1.82, 2.24) is 15.0 Å². The Bertz CT molecular complexity index is 441. The van der Waals surface area contributed by atoms with Crippen LogP contribution in [-0.4, -0.2) is 54.4 Å². The number of hydrogen-bond acceptors (Lipinski definition) is 7. The molecule has 1 saturated heterocycles. The smallest absolute Gasteiger partial charge is 0.323 e. The highest BCUT2D eigenvalue weighted by Gasteiger charge is 2.23. The van der Waals surface area contributed by atoms with Crippen molar-refractivity contribution in [2.24, 2.45) is 0 Å². The summed E-state index contributed by atoms with van der Waals surface area (Å²) >= 11 is 0. The fraction of sp³-hybridized carbons (Fsp3) is 0.786. The molecule has 1 aromatic rings. The van der Waals surface area contributed by atoms with Crippen LogP contribution in [0.5, 0.6) is 6.01 Å². The highest BCUT2D eigenvalue weighted by Crippen LogP contribution is 2.20. The van der Waals surface area contributed by atoms with Crippen molar-refractivity contribution in [1.29, 1.82) is 0 Å². The van der Waals surface area contributed by atoms with Gasteiger partial charge in [0.05, 0.1) is 12.7 Å². The zero-order valence-corrected chi connectivity index (χ0v) is 13.1. The molecular weight excluding hydrogens is 270 g/mol. The first-order valence-corrected chi connectivity index (χ1v) is 7.70. The predicted molar refractivity (Wildman–Crippen MR) is 82.0 cm³/mol. The van der Waals surface area contributed by atoms with Gasteiger partial charge in [0.25, 0.3) is 0 Å². The quantitative estimate of drug-likeness (QED) is 0.821. The van der Waals surface area contributed by atoms with Gasteiger partial charge in [-0.15, -0.1) is 0 Å². The van der Waals surface area contributed by atoms with Crippen LogP contribution in [-0.2, 0) is 4.74 Å². The van der Waals surface area contributed by atoms with Gasteiger partial charge in [-0.25, -0.2) is 0 Å². The summed E-state index contributed by atoms with van der Waals surface area (Å²) < 4.78 is 11.3. The number of nitrogens with one attached hydrogen (secondary N) is 1. The van der Waals surface area contributed by atoms with E-state index in [-0.39, 0.29) is 6.10 Å². The maximum absolute atomic E-state index is 5.73. The summed E-state index contributed by atoms with van der Waals surface area (Å²) in [4.78, 5) is 15.2. The minimum absolute atomic E-state index is 0.249. The van der Waals surface area contributed by atoms with E-state index in [1.165, 1.54) is 0 Å². The lowest BCUT2D eigenvalue weighted by Gasteiger charge is -2.32. The zero-order valence-electron chi connectivity index (χ0n) is 13.1. The van der Waals surface area contributed by atoms with Crippen LogP contribution in [0.25, 0.3) is 0 Å². The fourth-order valence-electron chi connectivity index (χ4n) is 2.35. The first-order chi connectivity index (χ1) is 10.3. The van der Waals surface area contributed by atoms with E-state index in [1.54, 1.807) is 7.05 Å². The second kappa shape index (κ2) is 7.97. The Hall–Kier alpha value is -1.63. The standard InChI is InChI=1S/C14H25N5O2/c1-4-9-21-14-17-12(15-3)16-13(18-14)19-8-6-7-11(10-19)20-5-2/h11H,4-10H2,1-3H3,(H,15,16,17,18). The van der Waals surface area contributed by atoms with Gasteiger partial charge in [0.15, 0.2) is 0 Å². The van der Waals surface area contributed by atoms with Crippen LogP contribution in [0, 0.1) is 0 Å². The van der Waals surface area contributed by atoms with Crippen LogP contribution in [0.4, 0.5) is 11.9 Å². The van der Waals surface area contributed by atoms with Crippen LogP contribution < -0.4 is 15.0 Å². The Kier molecular flexibility index (Phi) is 5.98. The number of nitrogens with zero attached hydrogens (tertiary/aromatic N) is 4. The van der Waals surface area contributed by atoms with E-state index in [0.717, 1.165) is 39.0 Å². The molecule has 21 heavy (non-hydrogen) atoms. The van der Waals surface area contributed by atoms with E-state index in [1.807, 2.05) is 6.92 Å². The molecule has 0 radical (unpaired) electrons. The molecule has 1 unspecified atom stereocenters. The first kappa shape index (κ1) is 15.8. The van der Waals surface area contributed by atoms with Crippen molar-refractivity contribution < 1.29 is 9.47 Å². The number of ether oxygens (including phenoxy) is 2. The van der Waals surface area contributed by atoms with Gasteiger partial charge in [0.1, 0.15) is 0 Å². The molecule has 7 nitrogen and oxygen atoms in total. The molecule has 0 aliphatic carbocycles. The monoisotopic (exact) mass is 295 g/mol. The van der Waals surface area contributed by atoms with Crippen LogP contribution in [0.3, 0.4) is 0 Å². The number of rotatable bonds is 7. The third-order valence-corrected chi connectivity index (χ3v) is 3.33. The van der Waals surface area contributed by atoms with Gasteiger partial charge in [-0.05, 0) is 26.2 Å². The molecule has 0 saturated carbocycles. The molecule has 2 rings (SSSR count). The van der Waals surface area contributed by atoms with Crippen molar-refractivity contribution >= 4 is 11.9 Å². The summed E-state index contributed by atoms with van der Waals surface area (Å²) in [5, 5.41) is 2.96. The normalized spacial score (nSPS) is 18.6. The summed E-state index contributed by atoms with van der Waals surface area (Å²) in [5.41, 5.74) is 0. The van der Waals surface area contributed by atoms with Gasteiger partial charge in [0, 0.05) is 26.7 Å². The van der Waals surface area contributed by atoms with E-state index in [9.17, 15) is 0 Å². The summed E-state index contributed by atoms with van der Waals surface area (Å²) in [5.74, 6) is 1.19. The van der Waals surface area contributed by atoms with E-state index in [4.69, 9.17) is 9.47 Å². The SMILES string of the molecule is CCCOc1nc(NC)nc(N2CCCC(OCC)C2)n1. The molecular formula is C14H25N5O2. The molecule has 0 amide bonds.